The quantitative estimate of drug-likeness (QED) is 0.848. The molecule has 1 aliphatic heterocycles. The first-order valence-electron chi connectivity index (χ1n) is 6.06. The van der Waals surface area contributed by atoms with Gasteiger partial charge in [-0.25, -0.2) is 4.39 Å². The summed E-state index contributed by atoms with van der Waals surface area (Å²) in [5.41, 5.74) is 7.29. The molecular formula is C13H20FN3. The van der Waals surface area contributed by atoms with E-state index in [-0.39, 0.29) is 11.9 Å². The minimum Gasteiger partial charge on any atom is -0.367 e. The number of likely N-dealkylation sites (N-methyl/N-ethyl adjacent to an activating group) is 1. The highest BCUT2D eigenvalue weighted by atomic mass is 19.1. The highest BCUT2D eigenvalue weighted by Crippen LogP contribution is 2.23. The summed E-state index contributed by atoms with van der Waals surface area (Å²) in [6.07, 6.45) is 0. The SMILES string of the molecule is C[C@H](N)c1ccc(N2CCN(C)CC2)c(F)c1. The number of anilines is 1. The number of nitrogens with zero attached hydrogens (tertiary/aromatic N) is 2. The van der Waals surface area contributed by atoms with E-state index in [1.807, 2.05) is 19.1 Å². The minimum atomic E-state index is -0.163. The third-order valence-corrected chi connectivity index (χ3v) is 3.34. The molecule has 1 fully saturated rings. The van der Waals surface area contributed by atoms with Gasteiger partial charge in [-0.05, 0) is 31.7 Å². The van der Waals surface area contributed by atoms with E-state index in [0.717, 1.165) is 31.7 Å². The molecule has 1 aromatic carbocycles. The van der Waals surface area contributed by atoms with Gasteiger partial charge in [0.15, 0.2) is 0 Å². The molecule has 0 aromatic heterocycles. The Balaban J connectivity index is 2.16. The third-order valence-electron chi connectivity index (χ3n) is 3.34. The van der Waals surface area contributed by atoms with E-state index in [1.54, 1.807) is 6.07 Å². The molecule has 0 spiro atoms. The molecule has 0 aliphatic carbocycles. The first-order valence-corrected chi connectivity index (χ1v) is 6.06. The van der Waals surface area contributed by atoms with Crippen LogP contribution < -0.4 is 10.6 Å². The molecule has 0 amide bonds. The lowest BCUT2D eigenvalue weighted by Crippen LogP contribution is -2.44. The number of benzene rings is 1. The van der Waals surface area contributed by atoms with Gasteiger partial charge in [0.2, 0.25) is 0 Å². The summed E-state index contributed by atoms with van der Waals surface area (Å²) < 4.78 is 14.0. The van der Waals surface area contributed by atoms with Crippen LogP contribution in [0.2, 0.25) is 0 Å². The summed E-state index contributed by atoms with van der Waals surface area (Å²) in [6.45, 7) is 5.59. The van der Waals surface area contributed by atoms with Crippen molar-refractivity contribution in [3.63, 3.8) is 0 Å². The van der Waals surface area contributed by atoms with Crippen LogP contribution in [0.15, 0.2) is 18.2 Å². The molecule has 0 bridgehead atoms. The van der Waals surface area contributed by atoms with Gasteiger partial charge in [0.1, 0.15) is 5.82 Å². The van der Waals surface area contributed by atoms with E-state index >= 15 is 0 Å². The van der Waals surface area contributed by atoms with E-state index < -0.39 is 0 Å². The van der Waals surface area contributed by atoms with Crippen molar-refractivity contribution in [2.45, 2.75) is 13.0 Å². The zero-order valence-corrected chi connectivity index (χ0v) is 10.5. The van der Waals surface area contributed by atoms with Gasteiger partial charge >= 0.3 is 0 Å². The number of halogens is 1. The van der Waals surface area contributed by atoms with E-state index in [1.165, 1.54) is 0 Å². The molecule has 94 valence electrons. The first kappa shape index (κ1) is 12.3. The Bertz CT molecular complexity index is 384. The fourth-order valence-corrected chi connectivity index (χ4v) is 2.11. The maximum absolute atomic E-state index is 14.0. The number of hydrogen-bond donors (Lipinski definition) is 1. The first-order chi connectivity index (χ1) is 8.08. The normalized spacial score (nSPS) is 19.4. The fraction of sp³-hybridized carbons (Fsp3) is 0.538. The summed E-state index contributed by atoms with van der Waals surface area (Å²) in [5, 5.41) is 0. The summed E-state index contributed by atoms with van der Waals surface area (Å²) in [7, 11) is 2.09. The van der Waals surface area contributed by atoms with E-state index in [9.17, 15) is 4.39 Å². The highest BCUT2D eigenvalue weighted by Gasteiger charge is 2.17. The monoisotopic (exact) mass is 237 g/mol. The van der Waals surface area contributed by atoms with Crippen molar-refractivity contribution >= 4 is 5.69 Å². The molecule has 0 saturated carbocycles. The van der Waals surface area contributed by atoms with Crippen molar-refractivity contribution in [3.05, 3.63) is 29.6 Å². The Kier molecular flexibility index (Phi) is 3.64. The molecule has 1 aromatic rings. The van der Waals surface area contributed by atoms with Crippen LogP contribution in [0, 0.1) is 5.82 Å². The van der Waals surface area contributed by atoms with Crippen LogP contribution in [0.3, 0.4) is 0 Å². The standard InChI is InChI=1S/C13H20FN3/c1-10(15)11-3-4-13(12(14)9-11)17-7-5-16(2)6-8-17/h3-4,9-10H,5-8,15H2,1-2H3/t10-/m0/s1. The Labute approximate surface area is 102 Å². The Morgan fingerprint density at radius 2 is 1.88 bits per heavy atom. The van der Waals surface area contributed by atoms with Crippen LogP contribution in [0.4, 0.5) is 10.1 Å². The fourth-order valence-electron chi connectivity index (χ4n) is 2.11. The molecule has 2 N–H and O–H groups in total. The number of nitrogens with two attached hydrogens (primary N) is 1. The van der Waals surface area contributed by atoms with Gasteiger partial charge < -0.3 is 15.5 Å². The average molecular weight is 237 g/mol. The summed E-state index contributed by atoms with van der Waals surface area (Å²) >= 11 is 0. The van der Waals surface area contributed by atoms with Gasteiger partial charge in [0, 0.05) is 32.2 Å². The Morgan fingerprint density at radius 1 is 1.24 bits per heavy atom. The maximum Gasteiger partial charge on any atom is 0.146 e. The van der Waals surface area contributed by atoms with Gasteiger partial charge in [-0.15, -0.1) is 0 Å². The van der Waals surface area contributed by atoms with E-state index in [2.05, 4.69) is 16.8 Å². The van der Waals surface area contributed by atoms with Crippen molar-refractivity contribution in [3.8, 4) is 0 Å². The second kappa shape index (κ2) is 5.02. The van der Waals surface area contributed by atoms with Crippen molar-refractivity contribution in [1.82, 2.24) is 4.90 Å². The number of rotatable bonds is 2. The van der Waals surface area contributed by atoms with Crippen LogP contribution in [-0.4, -0.2) is 38.1 Å². The maximum atomic E-state index is 14.0. The predicted octanol–water partition coefficient (Wildman–Crippen LogP) is 1.60. The molecule has 2 rings (SSSR count). The van der Waals surface area contributed by atoms with Crippen molar-refractivity contribution in [1.29, 1.82) is 0 Å². The minimum absolute atomic E-state index is 0.119. The Hall–Kier alpha value is -1.13. The van der Waals surface area contributed by atoms with Crippen molar-refractivity contribution in [2.24, 2.45) is 5.73 Å². The van der Waals surface area contributed by atoms with Crippen LogP contribution in [0.1, 0.15) is 18.5 Å². The van der Waals surface area contributed by atoms with Gasteiger partial charge in [0.05, 0.1) is 5.69 Å². The van der Waals surface area contributed by atoms with Gasteiger partial charge in [-0.1, -0.05) is 6.07 Å². The summed E-state index contributed by atoms with van der Waals surface area (Å²) in [4.78, 5) is 4.35. The molecule has 0 unspecified atom stereocenters. The molecule has 1 atom stereocenters. The second-order valence-electron chi connectivity index (χ2n) is 4.79. The zero-order valence-electron chi connectivity index (χ0n) is 10.5. The lowest BCUT2D eigenvalue weighted by Gasteiger charge is -2.34. The molecule has 1 aliphatic rings. The number of piperazine rings is 1. The van der Waals surface area contributed by atoms with Gasteiger partial charge in [-0.2, -0.15) is 0 Å². The largest absolute Gasteiger partial charge is 0.367 e. The molecule has 1 heterocycles. The molecule has 17 heavy (non-hydrogen) atoms. The predicted molar refractivity (Wildman–Crippen MR) is 68.7 cm³/mol. The molecule has 3 nitrogen and oxygen atoms in total. The lowest BCUT2D eigenvalue weighted by molar-refractivity contribution is 0.311. The van der Waals surface area contributed by atoms with Crippen LogP contribution in [-0.2, 0) is 0 Å². The summed E-state index contributed by atoms with van der Waals surface area (Å²) in [5.74, 6) is -0.163. The van der Waals surface area contributed by atoms with E-state index in [4.69, 9.17) is 5.73 Å². The lowest BCUT2D eigenvalue weighted by atomic mass is 10.1. The zero-order chi connectivity index (χ0) is 12.4. The molecule has 1 saturated heterocycles. The van der Waals surface area contributed by atoms with Crippen molar-refractivity contribution in [2.75, 3.05) is 38.1 Å². The van der Waals surface area contributed by atoms with Crippen LogP contribution in [0.25, 0.3) is 0 Å². The molecule has 4 heteroatoms. The topological polar surface area (TPSA) is 32.5 Å². The molecular weight excluding hydrogens is 217 g/mol. The smallest absolute Gasteiger partial charge is 0.146 e. The van der Waals surface area contributed by atoms with E-state index in [0.29, 0.717) is 5.69 Å². The van der Waals surface area contributed by atoms with Crippen LogP contribution >= 0.6 is 0 Å². The van der Waals surface area contributed by atoms with Crippen LogP contribution in [0.5, 0.6) is 0 Å². The second-order valence-corrected chi connectivity index (χ2v) is 4.79. The third kappa shape index (κ3) is 2.76. The van der Waals surface area contributed by atoms with Gasteiger partial charge in [0.25, 0.3) is 0 Å². The van der Waals surface area contributed by atoms with Gasteiger partial charge in [-0.3, -0.25) is 0 Å². The summed E-state index contributed by atoms with van der Waals surface area (Å²) in [6, 6.07) is 5.20. The average Bonchev–Trinajstić information content (AvgIpc) is 2.30. The van der Waals surface area contributed by atoms with Crippen molar-refractivity contribution < 1.29 is 4.39 Å². The Morgan fingerprint density at radius 3 is 2.41 bits per heavy atom. The number of hydrogen-bond acceptors (Lipinski definition) is 3. The highest BCUT2D eigenvalue weighted by molar-refractivity contribution is 5.50. The molecule has 0 radical (unpaired) electrons.